The lowest BCUT2D eigenvalue weighted by atomic mass is 9.63. The molecule has 4 rings (SSSR count). The van der Waals surface area contributed by atoms with Crippen molar-refractivity contribution in [3.05, 3.63) is 47.0 Å². The minimum atomic E-state index is -1.37. The number of fused-ring (bicyclic) bond motifs is 2. The van der Waals surface area contributed by atoms with Crippen molar-refractivity contribution in [1.29, 1.82) is 0 Å². The molecule has 4 unspecified atom stereocenters. The van der Waals surface area contributed by atoms with Gasteiger partial charge in [0.05, 0.1) is 10.9 Å². The molecule has 2 fully saturated rings. The summed E-state index contributed by atoms with van der Waals surface area (Å²) in [5.74, 6) is -0.275. The van der Waals surface area contributed by atoms with Crippen LogP contribution in [0.1, 0.15) is 99.4 Å². The minimum absolute atomic E-state index is 0.207. The number of unbranched alkanes of at least 4 members (excludes halogenated alkanes) is 3. The number of carboxylic acids is 1. The molecular formula is C27H34F2O2. The molecule has 0 spiro atoms. The number of halogens is 2. The highest BCUT2D eigenvalue weighted by molar-refractivity contribution is 5.95. The zero-order valence-corrected chi connectivity index (χ0v) is 18.5. The molecule has 2 nitrogen and oxygen atoms in total. The van der Waals surface area contributed by atoms with Gasteiger partial charge in [-0.15, -0.1) is 0 Å². The van der Waals surface area contributed by atoms with Gasteiger partial charge in [0.15, 0.2) is 0 Å². The van der Waals surface area contributed by atoms with Crippen LogP contribution >= 0.6 is 0 Å². The first kappa shape index (κ1) is 22.2. The first-order valence-corrected chi connectivity index (χ1v) is 12.1. The number of carboxylic acid groups (broad SMARTS) is 1. The van der Waals surface area contributed by atoms with E-state index < -0.39 is 23.2 Å². The third-order valence-electron chi connectivity index (χ3n) is 7.92. The van der Waals surface area contributed by atoms with E-state index in [1.807, 2.05) is 6.07 Å². The Bertz CT molecular complexity index is 938. The van der Waals surface area contributed by atoms with E-state index >= 15 is 0 Å². The Morgan fingerprint density at radius 1 is 1.00 bits per heavy atom. The molecule has 2 aliphatic rings. The van der Waals surface area contributed by atoms with Gasteiger partial charge in [0.1, 0.15) is 11.6 Å². The SMILES string of the molecule is CCCCCCC1CCC2CC(c3cc(F)c4c(F)c(C(=O)O)ccc4c3)CCC2C1. The van der Waals surface area contributed by atoms with Gasteiger partial charge >= 0.3 is 5.97 Å². The Kier molecular flexibility index (Phi) is 6.93. The second kappa shape index (κ2) is 9.67. The third kappa shape index (κ3) is 4.78. The molecule has 0 heterocycles. The smallest absolute Gasteiger partial charge is 0.338 e. The topological polar surface area (TPSA) is 37.3 Å². The van der Waals surface area contributed by atoms with Gasteiger partial charge in [-0.1, -0.05) is 57.6 Å². The van der Waals surface area contributed by atoms with Crippen LogP contribution in [0.4, 0.5) is 8.78 Å². The summed E-state index contributed by atoms with van der Waals surface area (Å²) in [7, 11) is 0. The minimum Gasteiger partial charge on any atom is -0.478 e. The lowest BCUT2D eigenvalue weighted by Gasteiger charge is -2.42. The number of carbonyl (C=O) groups is 1. The second-order valence-electron chi connectivity index (χ2n) is 9.89. The number of hydrogen-bond donors (Lipinski definition) is 1. The fourth-order valence-electron chi connectivity index (χ4n) is 6.21. The summed E-state index contributed by atoms with van der Waals surface area (Å²) in [6.07, 6.45) is 14.1. The van der Waals surface area contributed by atoms with E-state index in [2.05, 4.69) is 6.92 Å². The van der Waals surface area contributed by atoms with Crippen molar-refractivity contribution in [2.24, 2.45) is 17.8 Å². The first-order chi connectivity index (χ1) is 15.0. The Hall–Kier alpha value is -1.97. The van der Waals surface area contributed by atoms with Gasteiger partial charge in [0.25, 0.3) is 0 Å². The van der Waals surface area contributed by atoms with Crippen LogP contribution in [0.25, 0.3) is 10.8 Å². The molecule has 0 bridgehead atoms. The number of aromatic carboxylic acids is 1. The molecule has 2 aromatic carbocycles. The summed E-state index contributed by atoms with van der Waals surface area (Å²) in [6, 6.07) is 6.09. The molecule has 0 amide bonds. The van der Waals surface area contributed by atoms with Crippen molar-refractivity contribution >= 4 is 16.7 Å². The van der Waals surface area contributed by atoms with E-state index in [1.165, 1.54) is 76.0 Å². The Morgan fingerprint density at radius 2 is 1.77 bits per heavy atom. The van der Waals surface area contributed by atoms with E-state index in [0.29, 0.717) is 11.3 Å². The molecule has 0 aliphatic heterocycles. The molecule has 0 saturated heterocycles. The van der Waals surface area contributed by atoms with Crippen molar-refractivity contribution in [2.75, 3.05) is 0 Å². The van der Waals surface area contributed by atoms with Gasteiger partial charge in [0, 0.05) is 0 Å². The van der Waals surface area contributed by atoms with E-state index in [9.17, 15) is 13.6 Å². The van der Waals surface area contributed by atoms with Crippen molar-refractivity contribution < 1.29 is 18.7 Å². The van der Waals surface area contributed by atoms with E-state index in [-0.39, 0.29) is 5.39 Å². The van der Waals surface area contributed by atoms with E-state index in [0.717, 1.165) is 36.2 Å². The predicted octanol–water partition coefficient (Wildman–Crippen LogP) is 8.09. The van der Waals surface area contributed by atoms with E-state index in [4.69, 9.17) is 5.11 Å². The van der Waals surface area contributed by atoms with Crippen LogP contribution in [0.3, 0.4) is 0 Å². The predicted molar refractivity (Wildman–Crippen MR) is 120 cm³/mol. The van der Waals surface area contributed by atoms with Crippen molar-refractivity contribution in [1.82, 2.24) is 0 Å². The average Bonchev–Trinajstić information content (AvgIpc) is 2.76. The molecule has 31 heavy (non-hydrogen) atoms. The second-order valence-corrected chi connectivity index (χ2v) is 9.89. The maximum atomic E-state index is 14.8. The van der Waals surface area contributed by atoms with Gasteiger partial charge in [-0.25, -0.2) is 13.6 Å². The summed E-state index contributed by atoms with van der Waals surface area (Å²) in [5, 5.41) is 9.36. The van der Waals surface area contributed by atoms with E-state index in [1.54, 1.807) is 0 Å². The Labute approximate surface area is 184 Å². The zero-order chi connectivity index (χ0) is 22.0. The highest BCUT2D eigenvalue weighted by Crippen LogP contribution is 2.48. The van der Waals surface area contributed by atoms with Crippen LogP contribution in [0, 0.1) is 29.4 Å². The average molecular weight is 429 g/mol. The molecule has 1 N–H and O–H groups in total. The molecule has 0 radical (unpaired) electrons. The normalized spacial score (nSPS) is 26.0. The summed E-state index contributed by atoms with van der Waals surface area (Å²) in [4.78, 5) is 11.2. The molecule has 2 aliphatic carbocycles. The van der Waals surface area contributed by atoms with Crippen LogP contribution in [0.15, 0.2) is 24.3 Å². The highest BCUT2D eigenvalue weighted by Gasteiger charge is 2.36. The molecule has 2 saturated carbocycles. The fraction of sp³-hybridized carbons (Fsp3) is 0.593. The monoisotopic (exact) mass is 428 g/mol. The maximum Gasteiger partial charge on any atom is 0.338 e. The van der Waals surface area contributed by atoms with Crippen LogP contribution in [0.5, 0.6) is 0 Å². The number of benzene rings is 2. The van der Waals surface area contributed by atoms with Crippen molar-refractivity contribution in [3.8, 4) is 0 Å². The quantitative estimate of drug-likeness (QED) is 0.453. The van der Waals surface area contributed by atoms with Crippen LogP contribution < -0.4 is 0 Å². The third-order valence-corrected chi connectivity index (χ3v) is 7.92. The maximum absolute atomic E-state index is 14.8. The van der Waals surface area contributed by atoms with Gasteiger partial charge in [-0.2, -0.15) is 0 Å². The van der Waals surface area contributed by atoms with Gasteiger partial charge in [-0.3, -0.25) is 0 Å². The first-order valence-electron chi connectivity index (χ1n) is 12.1. The van der Waals surface area contributed by atoms with Crippen molar-refractivity contribution in [2.45, 2.75) is 83.5 Å². The number of rotatable bonds is 7. The summed E-state index contributed by atoms with van der Waals surface area (Å²) >= 11 is 0. The van der Waals surface area contributed by atoms with Crippen molar-refractivity contribution in [3.63, 3.8) is 0 Å². The lowest BCUT2D eigenvalue weighted by molar-refractivity contribution is 0.0692. The summed E-state index contributed by atoms with van der Waals surface area (Å²) in [5.41, 5.74) is 0.457. The van der Waals surface area contributed by atoms with Gasteiger partial charge < -0.3 is 5.11 Å². The number of hydrogen-bond acceptors (Lipinski definition) is 1. The standard InChI is InChI=1S/C27H34F2O2/c1-2-3-4-5-6-17-7-8-19-14-20(10-9-18(19)13-17)22-15-21-11-12-23(27(30)31)26(29)25(21)24(28)16-22/h11-12,15-20H,2-10,13-14H2,1H3,(H,30,31). The summed E-state index contributed by atoms with van der Waals surface area (Å²) < 4.78 is 29.4. The molecule has 2 aromatic rings. The molecule has 168 valence electrons. The Balaban J connectivity index is 1.44. The summed E-state index contributed by atoms with van der Waals surface area (Å²) in [6.45, 7) is 2.26. The molecular weight excluding hydrogens is 394 g/mol. The fourth-order valence-corrected chi connectivity index (χ4v) is 6.21. The van der Waals surface area contributed by atoms with Crippen LogP contribution in [0.2, 0.25) is 0 Å². The molecule has 4 atom stereocenters. The zero-order valence-electron chi connectivity index (χ0n) is 18.5. The van der Waals surface area contributed by atoms with Crippen LogP contribution in [-0.2, 0) is 0 Å². The van der Waals surface area contributed by atoms with Gasteiger partial charge in [-0.05, 0) is 78.9 Å². The Morgan fingerprint density at radius 3 is 2.55 bits per heavy atom. The van der Waals surface area contributed by atoms with Crippen LogP contribution in [-0.4, -0.2) is 11.1 Å². The molecule has 0 aromatic heterocycles. The largest absolute Gasteiger partial charge is 0.478 e. The molecule has 4 heteroatoms. The lowest BCUT2D eigenvalue weighted by Crippen LogP contribution is -2.30. The highest BCUT2D eigenvalue weighted by atomic mass is 19.1. The van der Waals surface area contributed by atoms with Gasteiger partial charge in [0.2, 0.25) is 0 Å².